The van der Waals surface area contributed by atoms with Crippen molar-refractivity contribution in [1.82, 2.24) is 15.1 Å². The minimum atomic E-state index is -3.81. The van der Waals surface area contributed by atoms with Gasteiger partial charge in [-0.1, -0.05) is 36.6 Å². The van der Waals surface area contributed by atoms with Crippen LogP contribution in [-0.4, -0.2) is 72.0 Å². The van der Waals surface area contributed by atoms with Crippen molar-refractivity contribution in [3.8, 4) is 6.07 Å². The van der Waals surface area contributed by atoms with E-state index in [0.29, 0.717) is 12.8 Å². The molecule has 10 heteroatoms. The van der Waals surface area contributed by atoms with E-state index in [-0.39, 0.29) is 41.1 Å². The van der Waals surface area contributed by atoms with E-state index in [0.717, 1.165) is 51.6 Å². The van der Waals surface area contributed by atoms with Crippen molar-refractivity contribution in [2.45, 2.75) is 91.5 Å². The molecule has 0 spiro atoms. The first-order valence-corrected chi connectivity index (χ1v) is 14.9. The summed E-state index contributed by atoms with van der Waals surface area (Å²) in [6.07, 6.45) is 7.34. The molecule has 2 aliphatic carbocycles. The Morgan fingerprint density at radius 1 is 1.08 bits per heavy atom. The van der Waals surface area contributed by atoms with E-state index in [4.69, 9.17) is 11.6 Å². The lowest BCUT2D eigenvalue weighted by atomic mass is 10.1. The molecule has 0 bridgehead atoms. The zero-order chi connectivity index (χ0) is 25.6. The van der Waals surface area contributed by atoms with Crippen LogP contribution in [0.3, 0.4) is 0 Å². The second-order valence-corrected chi connectivity index (χ2v) is 13.4. The summed E-state index contributed by atoms with van der Waals surface area (Å²) in [5.41, 5.74) is -1.39. The van der Waals surface area contributed by atoms with Crippen LogP contribution in [0.4, 0.5) is 0 Å². The van der Waals surface area contributed by atoms with Crippen molar-refractivity contribution in [3.05, 3.63) is 29.3 Å². The highest BCUT2D eigenvalue weighted by Crippen LogP contribution is 2.46. The Morgan fingerprint density at radius 2 is 1.75 bits per heavy atom. The summed E-state index contributed by atoms with van der Waals surface area (Å²) in [5, 5.41) is 11.5. The number of halogens is 1. The van der Waals surface area contributed by atoms with Gasteiger partial charge in [-0.05, 0) is 70.2 Å². The molecule has 2 atom stereocenters. The largest absolute Gasteiger partial charge is 0.338 e. The summed E-state index contributed by atoms with van der Waals surface area (Å²) in [6.45, 7) is 1.79. The maximum atomic E-state index is 14.0. The van der Waals surface area contributed by atoms with Crippen LogP contribution in [0.25, 0.3) is 0 Å². The molecular weight excluding hydrogens is 500 g/mol. The Balaban J connectivity index is 1.40. The van der Waals surface area contributed by atoms with Gasteiger partial charge < -0.3 is 10.2 Å². The summed E-state index contributed by atoms with van der Waals surface area (Å²) < 4.78 is 27.2. The SMILES string of the molecule is N#CC1(NC(=O)C[C@H]2C[C@@H](S(=O)(=O)c3ccccc3Cl)CN2C(=O)C2(N3CCCCCC3)CC2)CC1. The molecular formula is C26H33ClN4O4S. The molecule has 0 unspecified atom stereocenters. The van der Waals surface area contributed by atoms with E-state index >= 15 is 0 Å². The number of amides is 2. The molecule has 1 aromatic carbocycles. The molecule has 36 heavy (non-hydrogen) atoms. The second-order valence-electron chi connectivity index (χ2n) is 10.8. The third kappa shape index (κ3) is 4.75. The van der Waals surface area contributed by atoms with Crippen LogP contribution in [-0.2, 0) is 19.4 Å². The van der Waals surface area contributed by atoms with Crippen LogP contribution in [0.15, 0.2) is 29.2 Å². The molecule has 2 saturated carbocycles. The fourth-order valence-electron chi connectivity index (χ4n) is 5.87. The Hall–Kier alpha value is -2.15. The third-order valence-corrected chi connectivity index (χ3v) is 10.9. The number of nitrogens with zero attached hydrogens (tertiary/aromatic N) is 3. The van der Waals surface area contributed by atoms with Crippen molar-refractivity contribution >= 4 is 33.3 Å². The summed E-state index contributed by atoms with van der Waals surface area (Å²) in [5.74, 6) is -0.368. The zero-order valence-electron chi connectivity index (χ0n) is 20.4. The first-order chi connectivity index (χ1) is 17.2. The first-order valence-electron chi connectivity index (χ1n) is 13.0. The Labute approximate surface area is 217 Å². The number of rotatable bonds is 7. The van der Waals surface area contributed by atoms with Crippen molar-refractivity contribution in [2.75, 3.05) is 19.6 Å². The number of hydrogen-bond donors (Lipinski definition) is 1. The van der Waals surface area contributed by atoms with Gasteiger partial charge >= 0.3 is 0 Å². The highest BCUT2D eigenvalue weighted by Gasteiger charge is 2.58. The van der Waals surface area contributed by atoms with Crippen molar-refractivity contribution in [2.24, 2.45) is 0 Å². The van der Waals surface area contributed by atoms with Crippen LogP contribution in [0.1, 0.15) is 64.2 Å². The fourth-order valence-corrected chi connectivity index (χ4v) is 8.13. The molecule has 5 rings (SSSR count). The lowest BCUT2D eigenvalue weighted by molar-refractivity contribution is -0.140. The van der Waals surface area contributed by atoms with E-state index in [9.17, 15) is 23.3 Å². The first kappa shape index (κ1) is 25.5. The van der Waals surface area contributed by atoms with Crippen molar-refractivity contribution in [1.29, 1.82) is 5.26 Å². The molecule has 2 heterocycles. The van der Waals surface area contributed by atoms with Crippen LogP contribution in [0.5, 0.6) is 0 Å². The molecule has 194 valence electrons. The Morgan fingerprint density at radius 3 is 2.33 bits per heavy atom. The minimum Gasteiger partial charge on any atom is -0.338 e. The van der Waals surface area contributed by atoms with Crippen LogP contribution >= 0.6 is 11.6 Å². The molecule has 4 aliphatic rings. The number of nitrogens with one attached hydrogen (secondary N) is 1. The van der Waals surface area contributed by atoms with Gasteiger partial charge in [0.05, 0.1) is 21.2 Å². The van der Waals surface area contributed by atoms with E-state index < -0.39 is 32.2 Å². The normalized spacial score (nSPS) is 27.1. The number of carbonyl (C=O) groups excluding carboxylic acids is 2. The second kappa shape index (κ2) is 9.62. The number of sulfone groups is 1. The lowest BCUT2D eigenvalue weighted by Gasteiger charge is -2.35. The zero-order valence-corrected chi connectivity index (χ0v) is 22.0. The molecule has 4 fully saturated rings. The summed E-state index contributed by atoms with van der Waals surface area (Å²) in [7, 11) is -3.81. The Kier molecular flexibility index (Phi) is 6.81. The number of hydrogen-bond acceptors (Lipinski definition) is 6. The monoisotopic (exact) mass is 532 g/mol. The van der Waals surface area contributed by atoms with Gasteiger partial charge in [0.25, 0.3) is 0 Å². The predicted octanol–water partition coefficient (Wildman–Crippen LogP) is 3.05. The van der Waals surface area contributed by atoms with Gasteiger partial charge in [0.2, 0.25) is 11.8 Å². The third-order valence-electron chi connectivity index (χ3n) is 8.32. The molecule has 1 N–H and O–H groups in total. The Bertz CT molecular complexity index is 1180. The number of likely N-dealkylation sites (tertiary alicyclic amines) is 2. The van der Waals surface area contributed by atoms with Crippen LogP contribution in [0, 0.1) is 11.3 Å². The molecule has 0 aromatic heterocycles. The highest BCUT2D eigenvalue weighted by atomic mass is 35.5. The number of nitriles is 1. The van der Waals surface area contributed by atoms with E-state index in [1.165, 1.54) is 6.07 Å². The van der Waals surface area contributed by atoms with Gasteiger partial charge in [-0.2, -0.15) is 5.26 Å². The number of benzene rings is 1. The predicted molar refractivity (Wildman–Crippen MR) is 135 cm³/mol. The smallest absolute Gasteiger partial charge is 0.243 e. The van der Waals surface area contributed by atoms with Gasteiger partial charge in [-0.15, -0.1) is 0 Å². The minimum absolute atomic E-state index is 0.0141. The fraction of sp³-hybridized carbons (Fsp3) is 0.654. The van der Waals surface area contributed by atoms with E-state index in [1.54, 1.807) is 23.1 Å². The molecule has 1 aromatic rings. The van der Waals surface area contributed by atoms with Crippen LogP contribution in [0.2, 0.25) is 5.02 Å². The molecule has 0 radical (unpaired) electrons. The maximum Gasteiger partial charge on any atom is 0.243 e. The summed E-state index contributed by atoms with van der Waals surface area (Å²) in [4.78, 5) is 30.9. The average molecular weight is 533 g/mol. The molecule has 8 nitrogen and oxygen atoms in total. The summed E-state index contributed by atoms with van der Waals surface area (Å²) >= 11 is 6.24. The van der Waals surface area contributed by atoms with Gasteiger partial charge in [0.15, 0.2) is 9.84 Å². The van der Waals surface area contributed by atoms with Crippen molar-refractivity contribution < 1.29 is 18.0 Å². The van der Waals surface area contributed by atoms with Gasteiger partial charge in [0.1, 0.15) is 11.1 Å². The molecule has 2 amide bonds. The number of carbonyl (C=O) groups is 2. The van der Waals surface area contributed by atoms with Gasteiger partial charge in [0, 0.05) is 19.0 Å². The van der Waals surface area contributed by atoms with E-state index in [2.05, 4.69) is 16.3 Å². The summed E-state index contributed by atoms with van der Waals surface area (Å²) in [6, 6.07) is 7.97. The lowest BCUT2D eigenvalue weighted by Crippen LogP contribution is -2.53. The van der Waals surface area contributed by atoms with E-state index in [1.807, 2.05) is 0 Å². The quantitative estimate of drug-likeness (QED) is 0.578. The molecule has 2 saturated heterocycles. The van der Waals surface area contributed by atoms with Crippen molar-refractivity contribution in [3.63, 3.8) is 0 Å². The average Bonchev–Trinajstić information content (AvgIpc) is 3.76. The van der Waals surface area contributed by atoms with Gasteiger partial charge in [-0.3, -0.25) is 14.5 Å². The standard InChI is InChI=1S/C26H33ClN4O4S/c27-21-7-3-4-8-22(21)36(34,35)20-15-19(16-23(32)29-25(18-28)9-10-25)31(17-20)24(33)26(11-12-26)30-13-5-1-2-6-14-30/h3-4,7-8,19-20H,1-2,5-6,9-17H2,(H,29,32)/t19-,20-/m1/s1. The van der Waals surface area contributed by atoms with Crippen LogP contribution < -0.4 is 5.32 Å². The van der Waals surface area contributed by atoms with Gasteiger partial charge in [-0.25, -0.2) is 8.42 Å². The maximum absolute atomic E-state index is 14.0. The highest BCUT2D eigenvalue weighted by molar-refractivity contribution is 7.92. The topological polar surface area (TPSA) is 111 Å². The molecule has 2 aliphatic heterocycles.